The fourth-order valence-corrected chi connectivity index (χ4v) is 7.87. The van der Waals surface area contributed by atoms with Gasteiger partial charge < -0.3 is 4.74 Å². The Balaban J connectivity index is 2.09. The third kappa shape index (κ3) is 3.59. The quantitative estimate of drug-likeness (QED) is 0.422. The van der Waals surface area contributed by atoms with E-state index >= 15 is 0 Å². The molecule has 0 atom stereocenters. The molecule has 0 saturated carbocycles. The van der Waals surface area contributed by atoms with Crippen LogP contribution >= 0.6 is 7.26 Å². The fourth-order valence-electron chi connectivity index (χ4n) is 3.69. The van der Waals surface area contributed by atoms with E-state index in [4.69, 9.17) is 4.74 Å². The second kappa shape index (κ2) is 8.33. The summed E-state index contributed by atoms with van der Waals surface area (Å²) in [6, 6.07) is 26.6. The molecule has 0 aromatic heterocycles. The predicted molar refractivity (Wildman–Crippen MR) is 118 cm³/mol. The normalized spacial score (nSPS) is 11.3. The van der Waals surface area contributed by atoms with Crippen LogP contribution in [0.4, 0.5) is 13.2 Å². The van der Waals surface area contributed by atoms with Gasteiger partial charge in [0.2, 0.25) is 0 Å². The van der Waals surface area contributed by atoms with Gasteiger partial charge in [-0.3, -0.25) is 0 Å². The van der Waals surface area contributed by atoms with Crippen LogP contribution < -0.4 is 26.0 Å². The third-order valence-electron chi connectivity index (χ3n) is 5.10. The van der Waals surface area contributed by atoms with Crippen LogP contribution in [0.2, 0.25) is 0 Å². The average Bonchev–Trinajstić information content (AvgIpc) is 2.78. The van der Waals surface area contributed by atoms with Crippen molar-refractivity contribution in [2.45, 2.75) is 0 Å². The molecule has 5 heteroatoms. The van der Waals surface area contributed by atoms with E-state index in [-0.39, 0.29) is 17.5 Å². The van der Waals surface area contributed by atoms with E-state index in [1.807, 2.05) is 24.3 Å². The van der Waals surface area contributed by atoms with Gasteiger partial charge in [0.25, 0.3) is 0 Å². The van der Waals surface area contributed by atoms with Crippen molar-refractivity contribution < 1.29 is 17.9 Å². The molecule has 0 saturated heterocycles. The summed E-state index contributed by atoms with van der Waals surface area (Å²) in [6.45, 7) is 0. The van der Waals surface area contributed by atoms with E-state index in [9.17, 15) is 13.2 Å². The zero-order valence-corrected chi connectivity index (χ0v) is 17.1. The minimum atomic E-state index is -2.55. The number of hydrogen-bond donors (Lipinski definition) is 0. The lowest BCUT2D eigenvalue weighted by molar-refractivity contribution is 0.415. The lowest BCUT2D eigenvalue weighted by atomic mass is 10.3. The van der Waals surface area contributed by atoms with Crippen LogP contribution in [0.5, 0.6) is 5.75 Å². The van der Waals surface area contributed by atoms with Crippen LogP contribution in [0.1, 0.15) is 0 Å². The first kappa shape index (κ1) is 20.2. The second-order valence-electron chi connectivity index (χ2n) is 6.80. The standard InChI is InChI=1S/C25H19F3OP/c1-29-21-8-16-25(17-9-21)30(22-10-2-18(26)3-11-22,23-12-4-19(27)5-13-23)24-14-6-20(28)7-15-24/h2-17H,1H3/q+1. The summed E-state index contributed by atoms with van der Waals surface area (Å²) in [5.74, 6) is -0.325. The molecule has 0 aliphatic heterocycles. The maximum atomic E-state index is 13.8. The summed E-state index contributed by atoms with van der Waals surface area (Å²) in [4.78, 5) is 0. The van der Waals surface area contributed by atoms with Crippen LogP contribution in [0.15, 0.2) is 97.1 Å². The van der Waals surface area contributed by atoms with Gasteiger partial charge in [-0.15, -0.1) is 0 Å². The Morgan fingerprint density at radius 2 is 0.733 bits per heavy atom. The van der Waals surface area contributed by atoms with Gasteiger partial charge in [-0.25, -0.2) is 13.2 Å². The van der Waals surface area contributed by atoms with Crippen molar-refractivity contribution in [1.82, 2.24) is 0 Å². The van der Waals surface area contributed by atoms with Gasteiger partial charge in [0.1, 0.15) is 51.7 Å². The van der Waals surface area contributed by atoms with Gasteiger partial charge >= 0.3 is 0 Å². The highest BCUT2D eigenvalue weighted by atomic mass is 31.2. The highest BCUT2D eigenvalue weighted by molar-refractivity contribution is 8.01. The van der Waals surface area contributed by atoms with Crippen molar-refractivity contribution in [2.24, 2.45) is 0 Å². The van der Waals surface area contributed by atoms with E-state index in [0.717, 1.165) is 21.2 Å². The Morgan fingerprint density at radius 1 is 0.467 bits per heavy atom. The molecule has 30 heavy (non-hydrogen) atoms. The van der Waals surface area contributed by atoms with Gasteiger partial charge in [-0.2, -0.15) is 0 Å². The average molecular weight is 423 g/mol. The number of rotatable bonds is 5. The first-order chi connectivity index (χ1) is 14.5. The first-order valence-electron chi connectivity index (χ1n) is 9.36. The fraction of sp³-hybridized carbons (Fsp3) is 0.0400. The van der Waals surface area contributed by atoms with Crippen molar-refractivity contribution in [2.75, 3.05) is 7.11 Å². The lowest BCUT2D eigenvalue weighted by Gasteiger charge is -2.27. The van der Waals surface area contributed by atoms with Gasteiger partial charge in [-0.1, -0.05) is 0 Å². The van der Waals surface area contributed by atoms with E-state index < -0.39 is 7.26 Å². The molecular weight excluding hydrogens is 404 g/mol. The molecule has 4 aromatic carbocycles. The highest BCUT2D eigenvalue weighted by Gasteiger charge is 2.48. The topological polar surface area (TPSA) is 9.23 Å². The maximum Gasteiger partial charge on any atom is 0.144 e. The van der Waals surface area contributed by atoms with Gasteiger partial charge in [-0.05, 0) is 97.1 Å². The van der Waals surface area contributed by atoms with E-state index in [1.165, 1.54) is 36.4 Å². The number of ether oxygens (including phenoxy) is 1. The maximum absolute atomic E-state index is 13.8. The smallest absolute Gasteiger partial charge is 0.144 e. The molecule has 4 rings (SSSR count). The van der Waals surface area contributed by atoms with Crippen molar-refractivity contribution >= 4 is 28.5 Å². The number of hydrogen-bond acceptors (Lipinski definition) is 1. The summed E-state index contributed by atoms with van der Waals surface area (Å²) < 4.78 is 46.7. The molecule has 0 amide bonds. The summed E-state index contributed by atoms with van der Waals surface area (Å²) >= 11 is 0. The largest absolute Gasteiger partial charge is 0.497 e. The molecule has 0 bridgehead atoms. The molecule has 4 aromatic rings. The molecule has 0 aliphatic carbocycles. The Morgan fingerprint density at radius 3 is 1.00 bits per heavy atom. The third-order valence-corrected chi connectivity index (χ3v) is 9.39. The van der Waals surface area contributed by atoms with Gasteiger partial charge in [0.05, 0.1) is 7.11 Å². The van der Waals surface area contributed by atoms with Crippen molar-refractivity contribution in [3.8, 4) is 5.75 Å². The van der Waals surface area contributed by atoms with E-state index in [2.05, 4.69) is 0 Å². The van der Waals surface area contributed by atoms with Gasteiger partial charge in [0.15, 0.2) is 0 Å². The van der Waals surface area contributed by atoms with E-state index in [0.29, 0.717) is 5.75 Å². The monoisotopic (exact) mass is 423 g/mol. The van der Waals surface area contributed by atoms with Crippen molar-refractivity contribution in [3.63, 3.8) is 0 Å². The van der Waals surface area contributed by atoms with Crippen LogP contribution in [-0.4, -0.2) is 7.11 Å². The molecule has 0 heterocycles. The molecule has 1 nitrogen and oxygen atoms in total. The molecular formula is C25H19F3OP+. The summed E-state index contributed by atoms with van der Waals surface area (Å²) in [5, 5.41) is 3.61. The zero-order chi connectivity index (χ0) is 21.1. The van der Waals surface area contributed by atoms with Crippen molar-refractivity contribution in [1.29, 1.82) is 0 Å². The number of benzene rings is 4. The van der Waals surface area contributed by atoms with Crippen LogP contribution in [-0.2, 0) is 0 Å². The van der Waals surface area contributed by atoms with E-state index in [1.54, 1.807) is 43.5 Å². The number of halogens is 3. The minimum absolute atomic E-state index is 0.343. The summed E-state index contributed by atoms with van der Waals surface area (Å²) in [5.41, 5.74) is 0. The summed E-state index contributed by atoms with van der Waals surface area (Å²) in [6.07, 6.45) is 0. The Bertz CT molecular complexity index is 1010. The highest BCUT2D eigenvalue weighted by Crippen LogP contribution is 2.54. The SMILES string of the molecule is COc1ccc([P+](c2ccc(F)cc2)(c2ccc(F)cc2)c2ccc(F)cc2)cc1. The minimum Gasteiger partial charge on any atom is -0.497 e. The van der Waals surface area contributed by atoms with Gasteiger partial charge in [0, 0.05) is 0 Å². The number of methoxy groups -OCH3 is 1. The Kier molecular flexibility index (Phi) is 5.61. The first-order valence-corrected chi connectivity index (χ1v) is 11.1. The molecule has 150 valence electrons. The van der Waals surface area contributed by atoms with Crippen molar-refractivity contribution in [3.05, 3.63) is 115 Å². The zero-order valence-electron chi connectivity index (χ0n) is 16.2. The molecule has 0 radical (unpaired) electrons. The molecule has 0 aliphatic rings. The van der Waals surface area contributed by atoms with Crippen LogP contribution in [0, 0.1) is 17.5 Å². The Hall–Kier alpha value is -3.10. The molecule has 0 N–H and O–H groups in total. The Labute approximate surface area is 174 Å². The molecule has 0 spiro atoms. The van der Waals surface area contributed by atoms with Crippen LogP contribution in [0.25, 0.3) is 0 Å². The predicted octanol–water partition coefficient (Wildman–Crippen LogP) is 4.73. The summed E-state index contributed by atoms with van der Waals surface area (Å²) in [7, 11) is -0.956. The molecule has 0 unspecified atom stereocenters. The van der Waals surface area contributed by atoms with Crippen LogP contribution in [0.3, 0.4) is 0 Å². The molecule has 0 fully saturated rings. The second-order valence-corrected chi connectivity index (χ2v) is 10.2. The lowest BCUT2D eigenvalue weighted by Crippen LogP contribution is -2.38.